The Morgan fingerprint density at radius 2 is 1.63 bits per heavy atom. The monoisotopic (exact) mass is 360 g/mol. The summed E-state index contributed by atoms with van der Waals surface area (Å²) in [5.41, 5.74) is 6.26. The molecule has 1 aliphatic rings. The molecule has 4 heteroatoms. The lowest BCUT2D eigenvalue weighted by Crippen LogP contribution is -2.46. The van der Waals surface area contributed by atoms with Gasteiger partial charge in [0.1, 0.15) is 0 Å². The highest BCUT2D eigenvalue weighted by Gasteiger charge is 2.17. The first-order valence-electron chi connectivity index (χ1n) is 9.77. The van der Waals surface area contributed by atoms with Crippen molar-refractivity contribution in [3.05, 3.63) is 71.6 Å². The molecule has 0 saturated carbocycles. The van der Waals surface area contributed by atoms with Crippen LogP contribution in [0.1, 0.15) is 16.7 Å². The van der Waals surface area contributed by atoms with Gasteiger partial charge in [-0.25, -0.2) is 4.98 Å². The number of hydrogen-bond donors (Lipinski definition) is 0. The van der Waals surface area contributed by atoms with E-state index in [4.69, 9.17) is 0 Å². The molecule has 0 bridgehead atoms. The van der Waals surface area contributed by atoms with Gasteiger partial charge in [-0.05, 0) is 42.7 Å². The van der Waals surface area contributed by atoms with Crippen LogP contribution in [0, 0.1) is 13.8 Å². The quantitative estimate of drug-likeness (QED) is 0.689. The molecule has 1 aliphatic heterocycles. The van der Waals surface area contributed by atoms with Gasteiger partial charge in [-0.2, -0.15) is 0 Å². The minimum atomic E-state index is 0.923. The summed E-state index contributed by atoms with van der Waals surface area (Å²) in [6, 6.07) is 15.0. The van der Waals surface area contributed by atoms with Crippen LogP contribution in [0.2, 0.25) is 0 Å². The Morgan fingerprint density at radius 1 is 0.926 bits per heavy atom. The third-order valence-corrected chi connectivity index (χ3v) is 5.53. The van der Waals surface area contributed by atoms with Crippen molar-refractivity contribution in [2.45, 2.75) is 20.5 Å². The zero-order valence-corrected chi connectivity index (χ0v) is 16.3. The number of imidazole rings is 1. The van der Waals surface area contributed by atoms with Gasteiger partial charge in [0.15, 0.2) is 0 Å². The van der Waals surface area contributed by atoms with E-state index in [-0.39, 0.29) is 0 Å². The predicted octanol–water partition coefficient (Wildman–Crippen LogP) is 3.94. The lowest BCUT2D eigenvalue weighted by atomic mass is 10.1. The molecule has 4 rings (SSSR count). The largest absolute Gasteiger partial charge is 0.317 e. The van der Waals surface area contributed by atoms with Gasteiger partial charge in [0.25, 0.3) is 0 Å². The van der Waals surface area contributed by atoms with Crippen LogP contribution in [0.3, 0.4) is 0 Å². The zero-order valence-electron chi connectivity index (χ0n) is 16.3. The summed E-state index contributed by atoms with van der Waals surface area (Å²) in [7, 11) is 0. The van der Waals surface area contributed by atoms with Crippen molar-refractivity contribution < 1.29 is 0 Å². The number of aromatic nitrogens is 2. The predicted molar refractivity (Wildman–Crippen MR) is 113 cm³/mol. The first-order chi connectivity index (χ1) is 13.2. The van der Waals surface area contributed by atoms with Crippen molar-refractivity contribution in [2.75, 3.05) is 32.7 Å². The van der Waals surface area contributed by atoms with Crippen LogP contribution >= 0.6 is 0 Å². The second-order valence-corrected chi connectivity index (χ2v) is 7.51. The van der Waals surface area contributed by atoms with E-state index < -0.39 is 0 Å². The standard InChI is InChI=1S/C23H28N4/c1-19-15-22-23(16-20(19)2)27(17-24-22)18-26-13-11-25(12-14-26)10-6-9-21-7-4-3-5-8-21/h3-9,15-17H,10-14,18H2,1-2H3/b9-6+. The number of aryl methyl sites for hydroxylation is 2. The molecular weight excluding hydrogens is 332 g/mol. The molecule has 3 aromatic rings. The second kappa shape index (κ2) is 8.07. The lowest BCUT2D eigenvalue weighted by Gasteiger charge is -2.34. The van der Waals surface area contributed by atoms with Gasteiger partial charge in [0.2, 0.25) is 0 Å². The van der Waals surface area contributed by atoms with E-state index in [0.717, 1.165) is 44.9 Å². The maximum absolute atomic E-state index is 4.59. The third kappa shape index (κ3) is 4.29. The van der Waals surface area contributed by atoms with E-state index in [1.54, 1.807) is 0 Å². The molecule has 0 atom stereocenters. The summed E-state index contributed by atoms with van der Waals surface area (Å²) in [6.45, 7) is 10.7. The van der Waals surface area contributed by atoms with E-state index in [1.807, 2.05) is 6.33 Å². The van der Waals surface area contributed by atoms with E-state index >= 15 is 0 Å². The van der Waals surface area contributed by atoms with Crippen LogP contribution in [-0.4, -0.2) is 52.1 Å². The molecule has 1 fully saturated rings. The van der Waals surface area contributed by atoms with Crippen LogP contribution in [0.5, 0.6) is 0 Å². The molecule has 0 aliphatic carbocycles. The Bertz CT molecular complexity index is 918. The number of piperazine rings is 1. The molecule has 140 valence electrons. The Hall–Kier alpha value is -2.43. The second-order valence-electron chi connectivity index (χ2n) is 7.51. The normalized spacial score (nSPS) is 16.5. The van der Waals surface area contributed by atoms with Crippen LogP contribution < -0.4 is 0 Å². The maximum atomic E-state index is 4.59. The number of nitrogens with zero attached hydrogens (tertiary/aromatic N) is 4. The minimum Gasteiger partial charge on any atom is -0.317 e. The summed E-state index contributed by atoms with van der Waals surface area (Å²) < 4.78 is 2.28. The number of fused-ring (bicyclic) bond motifs is 1. The Balaban J connectivity index is 1.31. The molecule has 2 aromatic carbocycles. The van der Waals surface area contributed by atoms with Gasteiger partial charge in [-0.1, -0.05) is 42.5 Å². The van der Waals surface area contributed by atoms with Gasteiger partial charge < -0.3 is 4.57 Å². The van der Waals surface area contributed by atoms with Crippen molar-refractivity contribution in [1.82, 2.24) is 19.4 Å². The molecular formula is C23H28N4. The summed E-state index contributed by atoms with van der Waals surface area (Å²) in [4.78, 5) is 9.63. The average molecular weight is 361 g/mol. The van der Waals surface area contributed by atoms with Gasteiger partial charge in [-0.3, -0.25) is 9.80 Å². The molecule has 1 saturated heterocycles. The smallest absolute Gasteiger partial charge is 0.0969 e. The average Bonchev–Trinajstić information content (AvgIpc) is 3.06. The molecule has 0 N–H and O–H groups in total. The highest BCUT2D eigenvalue weighted by atomic mass is 15.3. The fourth-order valence-corrected chi connectivity index (χ4v) is 3.66. The van der Waals surface area contributed by atoms with E-state index in [9.17, 15) is 0 Å². The number of benzene rings is 2. The van der Waals surface area contributed by atoms with Crippen LogP contribution in [0.25, 0.3) is 17.1 Å². The Morgan fingerprint density at radius 3 is 2.41 bits per heavy atom. The fourth-order valence-electron chi connectivity index (χ4n) is 3.66. The topological polar surface area (TPSA) is 24.3 Å². The van der Waals surface area contributed by atoms with E-state index in [2.05, 4.69) is 87.8 Å². The minimum absolute atomic E-state index is 0.923. The van der Waals surface area contributed by atoms with Crippen LogP contribution in [0.4, 0.5) is 0 Å². The van der Waals surface area contributed by atoms with Gasteiger partial charge >= 0.3 is 0 Å². The summed E-state index contributed by atoms with van der Waals surface area (Å²) in [6.07, 6.45) is 6.48. The highest BCUT2D eigenvalue weighted by Crippen LogP contribution is 2.19. The first kappa shape index (κ1) is 18.0. The zero-order chi connectivity index (χ0) is 18.6. The van der Waals surface area contributed by atoms with Gasteiger partial charge in [0.05, 0.1) is 24.0 Å². The van der Waals surface area contributed by atoms with Crippen molar-refractivity contribution in [3.63, 3.8) is 0 Å². The van der Waals surface area contributed by atoms with Crippen LogP contribution in [-0.2, 0) is 6.67 Å². The van der Waals surface area contributed by atoms with Crippen LogP contribution in [0.15, 0.2) is 54.9 Å². The molecule has 0 amide bonds. The molecule has 0 unspecified atom stereocenters. The van der Waals surface area contributed by atoms with Crippen molar-refractivity contribution in [3.8, 4) is 0 Å². The molecule has 2 heterocycles. The van der Waals surface area contributed by atoms with Crippen molar-refractivity contribution in [1.29, 1.82) is 0 Å². The highest BCUT2D eigenvalue weighted by molar-refractivity contribution is 5.77. The molecule has 4 nitrogen and oxygen atoms in total. The molecule has 27 heavy (non-hydrogen) atoms. The summed E-state index contributed by atoms with van der Waals surface area (Å²) >= 11 is 0. The number of rotatable bonds is 5. The molecule has 1 aromatic heterocycles. The van der Waals surface area contributed by atoms with Gasteiger partial charge in [0, 0.05) is 32.7 Å². The summed E-state index contributed by atoms with van der Waals surface area (Å²) in [5.74, 6) is 0. The van der Waals surface area contributed by atoms with E-state index in [1.165, 1.54) is 22.2 Å². The Labute approximate surface area is 161 Å². The van der Waals surface area contributed by atoms with E-state index in [0.29, 0.717) is 0 Å². The number of hydrogen-bond acceptors (Lipinski definition) is 3. The van der Waals surface area contributed by atoms with Crippen molar-refractivity contribution in [2.24, 2.45) is 0 Å². The third-order valence-electron chi connectivity index (χ3n) is 5.53. The Kier molecular flexibility index (Phi) is 5.37. The van der Waals surface area contributed by atoms with Crippen molar-refractivity contribution >= 4 is 17.1 Å². The first-order valence-corrected chi connectivity index (χ1v) is 9.77. The summed E-state index contributed by atoms with van der Waals surface area (Å²) in [5, 5.41) is 0. The maximum Gasteiger partial charge on any atom is 0.0969 e. The fraction of sp³-hybridized carbons (Fsp3) is 0.348. The lowest BCUT2D eigenvalue weighted by molar-refractivity contribution is 0.117. The molecule has 0 radical (unpaired) electrons. The molecule has 0 spiro atoms. The SMILES string of the molecule is Cc1cc2ncn(CN3CCN(C/C=C/c4ccccc4)CC3)c2cc1C. The van der Waals surface area contributed by atoms with Gasteiger partial charge in [-0.15, -0.1) is 0 Å².